The summed E-state index contributed by atoms with van der Waals surface area (Å²) in [4.78, 5) is 11.1. The van der Waals surface area contributed by atoms with Crippen LogP contribution in [-0.4, -0.2) is 5.78 Å². The molecule has 0 N–H and O–H groups in total. The van der Waals surface area contributed by atoms with E-state index in [9.17, 15) is 4.79 Å². The third-order valence-corrected chi connectivity index (χ3v) is 1.72. The van der Waals surface area contributed by atoms with Gasteiger partial charge in [-0.15, -0.1) is 0 Å². The molecule has 1 heteroatoms. The summed E-state index contributed by atoms with van der Waals surface area (Å²) < 4.78 is 0. The monoisotopic (exact) mass is 140 g/mol. The summed E-state index contributed by atoms with van der Waals surface area (Å²) in [6.07, 6.45) is 5.39. The zero-order chi connectivity index (χ0) is 7.98. The van der Waals surface area contributed by atoms with Gasteiger partial charge in [-0.3, -0.25) is 4.79 Å². The van der Waals surface area contributed by atoms with Crippen LogP contribution in [0.25, 0.3) is 0 Å². The smallest absolute Gasteiger partial charge is 0.158 e. The van der Waals surface area contributed by atoms with Gasteiger partial charge < -0.3 is 0 Å². The molecule has 0 atom stereocenters. The largest absolute Gasteiger partial charge is 0.295 e. The number of rotatable bonds is 4. The Bertz CT molecular complexity index is 121. The molecule has 0 saturated carbocycles. The highest BCUT2D eigenvalue weighted by Gasteiger charge is 2.09. The van der Waals surface area contributed by atoms with Crippen molar-refractivity contribution >= 4 is 5.78 Å². The number of hydrogen-bond donors (Lipinski definition) is 0. The van der Waals surface area contributed by atoms with Gasteiger partial charge in [0.1, 0.15) is 0 Å². The van der Waals surface area contributed by atoms with Gasteiger partial charge in [-0.2, -0.15) is 0 Å². The Kier molecular flexibility index (Phi) is 4.91. The van der Waals surface area contributed by atoms with E-state index in [1.54, 1.807) is 12.2 Å². The van der Waals surface area contributed by atoms with Gasteiger partial charge in [0, 0.05) is 5.92 Å². The average molecular weight is 140 g/mol. The molecule has 0 aromatic carbocycles. The molecule has 0 aliphatic carbocycles. The molecule has 0 amide bonds. The molecule has 10 heavy (non-hydrogen) atoms. The van der Waals surface area contributed by atoms with Crippen molar-refractivity contribution in [2.24, 2.45) is 5.92 Å². The first-order valence-corrected chi connectivity index (χ1v) is 3.92. The van der Waals surface area contributed by atoms with Crippen LogP contribution in [0, 0.1) is 5.92 Å². The maximum Gasteiger partial charge on any atom is 0.158 e. The highest BCUT2D eigenvalue weighted by molar-refractivity contribution is 5.91. The average Bonchev–Trinajstić information content (AvgIpc) is 1.91. The molecule has 0 aliphatic rings. The van der Waals surface area contributed by atoms with E-state index in [2.05, 4.69) is 13.8 Å². The van der Waals surface area contributed by atoms with E-state index in [1.165, 1.54) is 0 Å². The molecule has 0 spiro atoms. The van der Waals surface area contributed by atoms with Crippen molar-refractivity contribution in [3.05, 3.63) is 12.2 Å². The molecule has 0 unspecified atom stereocenters. The predicted octanol–water partition coefficient (Wildman–Crippen LogP) is 2.57. The third kappa shape index (κ3) is 2.81. The van der Waals surface area contributed by atoms with Crippen molar-refractivity contribution in [1.29, 1.82) is 0 Å². The molecular formula is C9H16O. The van der Waals surface area contributed by atoms with Crippen LogP contribution in [0.3, 0.4) is 0 Å². The van der Waals surface area contributed by atoms with E-state index in [-0.39, 0.29) is 11.7 Å². The Morgan fingerprint density at radius 3 is 2.20 bits per heavy atom. The topological polar surface area (TPSA) is 17.1 Å². The van der Waals surface area contributed by atoms with Crippen LogP contribution in [0.2, 0.25) is 0 Å². The summed E-state index contributed by atoms with van der Waals surface area (Å²) >= 11 is 0. The fraction of sp³-hybridized carbons (Fsp3) is 0.667. The van der Waals surface area contributed by atoms with Gasteiger partial charge in [-0.1, -0.05) is 19.9 Å². The number of carbonyl (C=O) groups is 1. The molecule has 0 bridgehead atoms. The van der Waals surface area contributed by atoms with Gasteiger partial charge in [-0.05, 0) is 25.8 Å². The van der Waals surface area contributed by atoms with E-state index in [4.69, 9.17) is 0 Å². The predicted molar refractivity (Wildman–Crippen MR) is 43.9 cm³/mol. The molecule has 0 aliphatic heterocycles. The molecule has 0 heterocycles. The van der Waals surface area contributed by atoms with E-state index in [0.717, 1.165) is 12.8 Å². The van der Waals surface area contributed by atoms with Crippen molar-refractivity contribution < 1.29 is 4.79 Å². The first-order chi connectivity index (χ1) is 4.76. The quantitative estimate of drug-likeness (QED) is 0.548. The SMILES string of the molecule is C/C=C/C(=O)C(CC)CC. The van der Waals surface area contributed by atoms with Crippen molar-refractivity contribution in [1.82, 2.24) is 0 Å². The maximum atomic E-state index is 11.1. The second kappa shape index (κ2) is 5.21. The lowest BCUT2D eigenvalue weighted by atomic mass is 9.98. The van der Waals surface area contributed by atoms with Gasteiger partial charge in [0.25, 0.3) is 0 Å². The molecule has 0 fully saturated rings. The summed E-state index contributed by atoms with van der Waals surface area (Å²) in [5.41, 5.74) is 0. The number of carbonyl (C=O) groups excluding carboxylic acids is 1. The summed E-state index contributed by atoms with van der Waals surface area (Å²) in [5.74, 6) is 0.517. The molecule has 0 aromatic rings. The van der Waals surface area contributed by atoms with Crippen LogP contribution in [0.5, 0.6) is 0 Å². The first-order valence-electron chi connectivity index (χ1n) is 3.92. The van der Waals surface area contributed by atoms with E-state index < -0.39 is 0 Å². The summed E-state index contributed by atoms with van der Waals surface area (Å²) in [5, 5.41) is 0. The normalized spacial score (nSPS) is 11.2. The zero-order valence-electron chi connectivity index (χ0n) is 7.05. The second-order valence-electron chi connectivity index (χ2n) is 2.42. The number of hydrogen-bond acceptors (Lipinski definition) is 1. The Hall–Kier alpha value is -0.590. The second-order valence-corrected chi connectivity index (χ2v) is 2.42. The van der Waals surface area contributed by atoms with Crippen LogP contribution >= 0.6 is 0 Å². The summed E-state index contributed by atoms with van der Waals surface area (Å²) in [7, 11) is 0. The Morgan fingerprint density at radius 1 is 1.40 bits per heavy atom. The van der Waals surface area contributed by atoms with Crippen LogP contribution < -0.4 is 0 Å². The summed E-state index contributed by atoms with van der Waals surface area (Å²) in [6, 6.07) is 0. The van der Waals surface area contributed by atoms with Crippen LogP contribution in [0.15, 0.2) is 12.2 Å². The standard InChI is InChI=1S/C9H16O/c1-4-7-9(10)8(5-2)6-3/h4,7-8H,5-6H2,1-3H3/b7-4+. The van der Waals surface area contributed by atoms with Crippen LogP contribution in [0.1, 0.15) is 33.6 Å². The molecule has 0 radical (unpaired) electrons. The molecule has 0 aromatic heterocycles. The molecule has 0 rings (SSSR count). The third-order valence-electron chi connectivity index (χ3n) is 1.72. The lowest BCUT2D eigenvalue weighted by Gasteiger charge is -2.05. The van der Waals surface area contributed by atoms with E-state index >= 15 is 0 Å². The number of ketones is 1. The highest BCUT2D eigenvalue weighted by atomic mass is 16.1. The fourth-order valence-corrected chi connectivity index (χ4v) is 0.991. The van der Waals surface area contributed by atoms with Gasteiger partial charge in [0.05, 0.1) is 0 Å². The lowest BCUT2D eigenvalue weighted by molar-refractivity contribution is -0.118. The molecule has 58 valence electrons. The van der Waals surface area contributed by atoms with Gasteiger partial charge in [0.15, 0.2) is 5.78 Å². The minimum absolute atomic E-state index is 0.246. The maximum absolute atomic E-state index is 11.1. The van der Waals surface area contributed by atoms with Gasteiger partial charge >= 0.3 is 0 Å². The van der Waals surface area contributed by atoms with Gasteiger partial charge in [0.2, 0.25) is 0 Å². The van der Waals surface area contributed by atoms with E-state index in [1.807, 2.05) is 6.92 Å². The van der Waals surface area contributed by atoms with Crippen molar-refractivity contribution in [3.8, 4) is 0 Å². The lowest BCUT2D eigenvalue weighted by Crippen LogP contribution is -2.08. The summed E-state index contributed by atoms with van der Waals surface area (Å²) in [6.45, 7) is 5.98. The Labute approximate surface area is 63.1 Å². The minimum Gasteiger partial charge on any atom is -0.295 e. The first kappa shape index (κ1) is 9.41. The van der Waals surface area contributed by atoms with E-state index in [0.29, 0.717) is 0 Å². The zero-order valence-corrected chi connectivity index (χ0v) is 7.05. The molecule has 0 saturated heterocycles. The van der Waals surface area contributed by atoms with Gasteiger partial charge in [-0.25, -0.2) is 0 Å². The van der Waals surface area contributed by atoms with Crippen molar-refractivity contribution in [2.75, 3.05) is 0 Å². The van der Waals surface area contributed by atoms with Crippen LogP contribution in [0.4, 0.5) is 0 Å². The van der Waals surface area contributed by atoms with Crippen molar-refractivity contribution in [2.45, 2.75) is 33.6 Å². The Balaban J connectivity index is 3.89. The van der Waals surface area contributed by atoms with Crippen LogP contribution in [-0.2, 0) is 4.79 Å². The minimum atomic E-state index is 0.246. The highest BCUT2D eigenvalue weighted by Crippen LogP contribution is 2.08. The number of allylic oxidation sites excluding steroid dienone is 2. The fourth-order valence-electron chi connectivity index (χ4n) is 0.991. The molecule has 1 nitrogen and oxygen atoms in total. The Morgan fingerprint density at radius 2 is 1.90 bits per heavy atom. The van der Waals surface area contributed by atoms with Crippen molar-refractivity contribution in [3.63, 3.8) is 0 Å². The molecular weight excluding hydrogens is 124 g/mol.